The van der Waals surface area contributed by atoms with Crippen LogP contribution in [0.2, 0.25) is 0 Å². The van der Waals surface area contributed by atoms with E-state index < -0.39 is 11.7 Å². The maximum atomic E-state index is 13.4. The first-order valence-electron chi connectivity index (χ1n) is 8.30. The number of aromatic nitrogens is 2. The van der Waals surface area contributed by atoms with Gasteiger partial charge in [0, 0.05) is 24.6 Å². The molecule has 8 heteroatoms. The van der Waals surface area contributed by atoms with Gasteiger partial charge in [0.2, 0.25) is 5.95 Å². The van der Waals surface area contributed by atoms with E-state index in [9.17, 15) is 13.2 Å². The van der Waals surface area contributed by atoms with Crippen molar-refractivity contribution in [2.24, 2.45) is 0 Å². The molecule has 28 heavy (non-hydrogen) atoms. The summed E-state index contributed by atoms with van der Waals surface area (Å²) in [5.74, 6) is -0.239. The molecule has 0 bridgehead atoms. The van der Waals surface area contributed by atoms with Gasteiger partial charge < -0.3 is 10.2 Å². The number of nitrogens with one attached hydrogen (secondary N) is 1. The highest BCUT2D eigenvalue weighted by molar-refractivity contribution is 5.64. The van der Waals surface area contributed by atoms with Crippen molar-refractivity contribution in [1.82, 2.24) is 9.97 Å². The molecule has 5 nitrogen and oxygen atoms in total. The molecule has 0 aliphatic carbocycles. The first-order valence-corrected chi connectivity index (χ1v) is 8.30. The average Bonchev–Trinajstić information content (AvgIpc) is 2.67. The van der Waals surface area contributed by atoms with Crippen molar-refractivity contribution in [3.8, 4) is 6.07 Å². The molecule has 3 aromatic rings. The number of halogens is 3. The monoisotopic (exact) mass is 383 g/mol. The minimum atomic E-state index is -4.62. The quantitative estimate of drug-likeness (QED) is 0.672. The van der Waals surface area contributed by atoms with E-state index in [2.05, 4.69) is 15.3 Å². The van der Waals surface area contributed by atoms with Gasteiger partial charge in [0.05, 0.1) is 11.6 Å². The van der Waals surface area contributed by atoms with E-state index in [1.165, 1.54) is 24.3 Å². The van der Waals surface area contributed by atoms with E-state index in [0.717, 1.165) is 17.4 Å². The van der Waals surface area contributed by atoms with Crippen LogP contribution in [0, 0.1) is 18.3 Å². The fourth-order valence-electron chi connectivity index (χ4n) is 2.55. The Kier molecular flexibility index (Phi) is 5.18. The normalized spacial score (nSPS) is 11.0. The van der Waals surface area contributed by atoms with Gasteiger partial charge in [-0.2, -0.15) is 23.4 Å². The summed E-state index contributed by atoms with van der Waals surface area (Å²) in [7, 11) is 1.68. The average molecular weight is 383 g/mol. The molecule has 2 aromatic carbocycles. The van der Waals surface area contributed by atoms with Crippen molar-refractivity contribution in [3.63, 3.8) is 0 Å². The summed E-state index contributed by atoms with van der Waals surface area (Å²) in [6, 6.07) is 15.5. The second kappa shape index (κ2) is 7.56. The Bertz CT molecular complexity index is 1020. The molecule has 0 aliphatic heterocycles. The number of hydrogen-bond acceptors (Lipinski definition) is 5. The maximum Gasteiger partial charge on any atom is 0.421 e. The highest BCUT2D eigenvalue weighted by Crippen LogP contribution is 2.36. The number of nitriles is 1. The van der Waals surface area contributed by atoms with Crippen LogP contribution < -0.4 is 10.2 Å². The zero-order chi connectivity index (χ0) is 20.3. The zero-order valence-electron chi connectivity index (χ0n) is 15.1. The van der Waals surface area contributed by atoms with Crippen LogP contribution >= 0.6 is 0 Å². The summed E-state index contributed by atoms with van der Waals surface area (Å²) in [6.45, 7) is 1.92. The number of nitrogens with zero attached hydrogens (tertiary/aromatic N) is 4. The van der Waals surface area contributed by atoms with E-state index in [1.807, 2.05) is 37.3 Å². The van der Waals surface area contributed by atoms with Crippen LogP contribution in [0.3, 0.4) is 0 Å². The largest absolute Gasteiger partial charge is 0.421 e. The zero-order valence-corrected chi connectivity index (χ0v) is 15.1. The van der Waals surface area contributed by atoms with E-state index in [0.29, 0.717) is 11.3 Å². The molecule has 0 amide bonds. The van der Waals surface area contributed by atoms with Gasteiger partial charge in [-0.15, -0.1) is 0 Å². The van der Waals surface area contributed by atoms with Gasteiger partial charge in [0.1, 0.15) is 11.4 Å². The number of alkyl halides is 3. The van der Waals surface area contributed by atoms with Crippen LogP contribution in [0.25, 0.3) is 0 Å². The van der Waals surface area contributed by atoms with Crippen LogP contribution in [0.4, 0.5) is 36.3 Å². The lowest BCUT2D eigenvalue weighted by Gasteiger charge is -2.20. The first-order chi connectivity index (χ1) is 13.3. The van der Waals surface area contributed by atoms with Crippen LogP contribution in [0.1, 0.15) is 16.7 Å². The lowest BCUT2D eigenvalue weighted by atomic mass is 10.2. The molecule has 0 saturated carbocycles. The Balaban J connectivity index is 2.00. The number of hydrogen-bond donors (Lipinski definition) is 1. The van der Waals surface area contributed by atoms with Gasteiger partial charge >= 0.3 is 6.18 Å². The minimum Gasteiger partial charge on any atom is -0.340 e. The number of benzene rings is 2. The molecule has 0 saturated heterocycles. The Hall–Kier alpha value is -3.60. The minimum absolute atomic E-state index is 0.120. The number of aryl methyl sites for hydroxylation is 1. The molecular formula is C20H16F3N5. The summed E-state index contributed by atoms with van der Waals surface area (Å²) < 4.78 is 40.2. The molecule has 0 unspecified atom stereocenters. The molecule has 0 atom stereocenters. The van der Waals surface area contributed by atoms with Crippen molar-refractivity contribution in [1.29, 1.82) is 5.26 Å². The van der Waals surface area contributed by atoms with Crippen LogP contribution in [0.5, 0.6) is 0 Å². The van der Waals surface area contributed by atoms with Crippen molar-refractivity contribution in [3.05, 3.63) is 71.4 Å². The van der Waals surface area contributed by atoms with E-state index in [-0.39, 0.29) is 11.8 Å². The lowest BCUT2D eigenvalue weighted by Crippen LogP contribution is -2.17. The van der Waals surface area contributed by atoms with Gasteiger partial charge in [-0.25, -0.2) is 4.98 Å². The second-order valence-corrected chi connectivity index (χ2v) is 6.14. The van der Waals surface area contributed by atoms with E-state index in [1.54, 1.807) is 11.9 Å². The van der Waals surface area contributed by atoms with E-state index >= 15 is 0 Å². The van der Waals surface area contributed by atoms with E-state index in [4.69, 9.17) is 5.26 Å². The molecule has 0 fully saturated rings. The van der Waals surface area contributed by atoms with Gasteiger partial charge in [-0.1, -0.05) is 12.1 Å². The van der Waals surface area contributed by atoms with Crippen LogP contribution in [-0.2, 0) is 6.18 Å². The summed E-state index contributed by atoms with van der Waals surface area (Å²) >= 11 is 0. The Labute approximate surface area is 160 Å². The maximum absolute atomic E-state index is 13.4. The molecule has 0 spiro atoms. The van der Waals surface area contributed by atoms with Crippen molar-refractivity contribution < 1.29 is 13.2 Å². The fraction of sp³-hybridized carbons (Fsp3) is 0.150. The Morgan fingerprint density at radius 3 is 2.43 bits per heavy atom. The van der Waals surface area contributed by atoms with Crippen molar-refractivity contribution in [2.45, 2.75) is 13.1 Å². The highest BCUT2D eigenvalue weighted by atomic mass is 19.4. The first kappa shape index (κ1) is 19.2. The van der Waals surface area contributed by atoms with Gasteiger partial charge in [-0.05, 0) is 48.9 Å². The number of rotatable bonds is 4. The van der Waals surface area contributed by atoms with Crippen molar-refractivity contribution in [2.75, 3.05) is 17.3 Å². The smallest absolute Gasteiger partial charge is 0.340 e. The molecule has 0 radical (unpaired) electrons. The summed E-state index contributed by atoms with van der Waals surface area (Å²) in [5, 5.41) is 11.5. The molecule has 0 aliphatic rings. The molecule has 1 heterocycles. The van der Waals surface area contributed by atoms with Crippen LogP contribution in [-0.4, -0.2) is 17.0 Å². The molecular weight excluding hydrogens is 367 g/mol. The van der Waals surface area contributed by atoms with Crippen molar-refractivity contribution >= 4 is 23.1 Å². The summed E-state index contributed by atoms with van der Waals surface area (Å²) in [6.07, 6.45) is -3.85. The standard InChI is InChI=1S/C20H16F3N5/c1-13-4-3-5-16(10-13)28(2)19-25-12-17(20(21,22)23)18(27-19)26-15-8-6-14(11-24)7-9-15/h3-10,12H,1-2H3,(H,25,26,27). The Morgan fingerprint density at radius 1 is 1.11 bits per heavy atom. The van der Waals surface area contributed by atoms with Gasteiger partial charge in [-0.3, -0.25) is 0 Å². The molecule has 3 rings (SSSR count). The van der Waals surface area contributed by atoms with Crippen LogP contribution in [0.15, 0.2) is 54.7 Å². The predicted molar refractivity (Wildman–Crippen MR) is 101 cm³/mol. The topological polar surface area (TPSA) is 64.8 Å². The number of anilines is 4. The summed E-state index contributed by atoms with van der Waals surface area (Å²) in [4.78, 5) is 9.60. The Morgan fingerprint density at radius 2 is 1.82 bits per heavy atom. The third kappa shape index (κ3) is 4.20. The molecule has 1 N–H and O–H groups in total. The fourth-order valence-corrected chi connectivity index (χ4v) is 2.55. The predicted octanol–water partition coefficient (Wildman–Crippen LogP) is 5.19. The summed E-state index contributed by atoms with van der Waals surface area (Å²) in [5.41, 5.74) is 1.58. The third-order valence-corrected chi connectivity index (χ3v) is 4.05. The molecule has 1 aromatic heterocycles. The highest BCUT2D eigenvalue weighted by Gasteiger charge is 2.35. The van der Waals surface area contributed by atoms with Gasteiger partial charge in [0.25, 0.3) is 0 Å². The SMILES string of the molecule is Cc1cccc(N(C)c2ncc(C(F)(F)F)c(Nc3ccc(C#N)cc3)n2)c1. The van der Waals surface area contributed by atoms with Gasteiger partial charge in [0.15, 0.2) is 0 Å². The third-order valence-electron chi connectivity index (χ3n) is 4.05. The molecule has 142 valence electrons. The second-order valence-electron chi connectivity index (χ2n) is 6.14. The lowest BCUT2D eigenvalue weighted by molar-refractivity contribution is -0.137.